The summed E-state index contributed by atoms with van der Waals surface area (Å²) in [7, 11) is 8.27. The molecule has 1 aliphatic heterocycles. The summed E-state index contributed by atoms with van der Waals surface area (Å²) >= 11 is 0. The Labute approximate surface area is 316 Å². The zero-order valence-corrected chi connectivity index (χ0v) is 33.3. The maximum atomic E-state index is 14.1. The zero-order valence-electron chi connectivity index (χ0n) is 33.3. The van der Waals surface area contributed by atoms with Crippen LogP contribution in [0, 0.1) is 30.1 Å². The average Bonchev–Trinajstić information content (AvgIpc) is 3.60. The largest absolute Gasteiger partial charge is 0.480 e. The Bertz CT molecular complexity index is 1390. The number of nitrogens with zero attached hydrogens (tertiary/aromatic N) is 3. The van der Waals surface area contributed by atoms with E-state index in [1.54, 1.807) is 40.8 Å². The molecule has 296 valence electrons. The predicted molar refractivity (Wildman–Crippen MR) is 204 cm³/mol. The van der Waals surface area contributed by atoms with Gasteiger partial charge < -0.3 is 35.0 Å². The maximum absolute atomic E-state index is 14.1. The van der Waals surface area contributed by atoms with Gasteiger partial charge in [-0.15, -0.1) is 12.3 Å². The van der Waals surface area contributed by atoms with Crippen molar-refractivity contribution in [2.45, 2.75) is 116 Å². The van der Waals surface area contributed by atoms with Crippen molar-refractivity contribution < 1.29 is 38.6 Å². The van der Waals surface area contributed by atoms with E-state index in [4.69, 9.17) is 15.9 Å². The molecule has 1 aromatic carbocycles. The molecule has 1 aliphatic rings. The molecule has 0 saturated carbocycles. The number of nitrogens with one attached hydrogen (secondary N) is 2. The van der Waals surface area contributed by atoms with Gasteiger partial charge in [-0.2, -0.15) is 0 Å². The van der Waals surface area contributed by atoms with Crippen molar-refractivity contribution in [2.24, 2.45) is 17.8 Å². The molecule has 2 rings (SSSR count). The molecule has 4 amide bonds. The first-order valence-electron chi connectivity index (χ1n) is 18.6. The highest BCUT2D eigenvalue weighted by Crippen LogP contribution is 2.29. The number of hydrogen-bond donors (Lipinski definition) is 3. The van der Waals surface area contributed by atoms with Crippen LogP contribution in [0.1, 0.15) is 72.3 Å². The molecule has 1 fully saturated rings. The summed E-state index contributed by atoms with van der Waals surface area (Å²) in [5.41, 5.74) is 0.778. The molecule has 1 saturated heterocycles. The Hall–Kier alpha value is -3.99. The molecule has 53 heavy (non-hydrogen) atoms. The zero-order chi connectivity index (χ0) is 40.0. The number of rotatable bonds is 21. The van der Waals surface area contributed by atoms with Crippen LogP contribution in [0.25, 0.3) is 0 Å². The van der Waals surface area contributed by atoms with Gasteiger partial charge in [0.2, 0.25) is 23.6 Å². The molecule has 0 radical (unpaired) electrons. The summed E-state index contributed by atoms with van der Waals surface area (Å²) in [6.45, 7) is 9.98. The van der Waals surface area contributed by atoms with Gasteiger partial charge in [0, 0.05) is 40.7 Å². The molecule has 13 heteroatoms. The molecular formula is C40H63N5O8. The molecule has 3 N–H and O–H groups in total. The third-order valence-electron chi connectivity index (χ3n) is 10.5. The first-order chi connectivity index (χ1) is 25.0. The van der Waals surface area contributed by atoms with E-state index in [1.165, 1.54) is 14.2 Å². The number of likely N-dealkylation sites (N-methyl/N-ethyl adjacent to an activating group) is 2. The fourth-order valence-electron chi connectivity index (χ4n) is 7.61. The number of benzene rings is 1. The van der Waals surface area contributed by atoms with E-state index in [2.05, 4.69) is 16.6 Å². The Morgan fingerprint density at radius 2 is 1.60 bits per heavy atom. The third kappa shape index (κ3) is 12.3. The first-order valence-corrected chi connectivity index (χ1v) is 18.6. The average molecular weight is 742 g/mol. The van der Waals surface area contributed by atoms with Crippen LogP contribution in [0.15, 0.2) is 30.3 Å². The predicted octanol–water partition coefficient (Wildman–Crippen LogP) is 2.81. The van der Waals surface area contributed by atoms with Crippen molar-refractivity contribution in [1.82, 2.24) is 25.3 Å². The van der Waals surface area contributed by atoms with Crippen LogP contribution in [-0.2, 0) is 39.9 Å². The quantitative estimate of drug-likeness (QED) is 0.161. The van der Waals surface area contributed by atoms with Gasteiger partial charge in [-0.3, -0.25) is 24.1 Å². The second kappa shape index (κ2) is 21.6. The molecule has 13 nitrogen and oxygen atoms in total. The van der Waals surface area contributed by atoms with E-state index >= 15 is 0 Å². The van der Waals surface area contributed by atoms with Crippen LogP contribution in [0.3, 0.4) is 0 Å². The normalized spacial score (nSPS) is 18.9. The maximum Gasteiger partial charge on any atom is 0.326 e. The van der Waals surface area contributed by atoms with E-state index in [0.717, 1.165) is 5.56 Å². The van der Waals surface area contributed by atoms with Crippen LogP contribution in [-0.4, -0.2) is 134 Å². The van der Waals surface area contributed by atoms with Crippen molar-refractivity contribution in [3.63, 3.8) is 0 Å². The summed E-state index contributed by atoms with van der Waals surface area (Å²) in [4.78, 5) is 72.1. The molecule has 0 aromatic heterocycles. The monoisotopic (exact) mass is 741 g/mol. The number of carboxylic acids is 1. The summed E-state index contributed by atoms with van der Waals surface area (Å²) in [5, 5.41) is 15.4. The lowest BCUT2D eigenvalue weighted by Gasteiger charge is -2.40. The molecule has 0 bridgehead atoms. The molecule has 1 heterocycles. The number of hydrogen-bond acceptors (Lipinski definition) is 8. The van der Waals surface area contributed by atoms with Crippen molar-refractivity contribution >= 4 is 29.6 Å². The molecule has 0 aliphatic carbocycles. The Kier molecular flexibility index (Phi) is 18.4. The van der Waals surface area contributed by atoms with Gasteiger partial charge >= 0.3 is 5.97 Å². The first kappa shape index (κ1) is 45.2. The summed E-state index contributed by atoms with van der Waals surface area (Å²) in [6.07, 6.45) is 6.31. The number of methoxy groups -OCH3 is 2. The number of aliphatic carboxylic acids is 1. The van der Waals surface area contributed by atoms with E-state index in [0.29, 0.717) is 25.8 Å². The minimum Gasteiger partial charge on any atom is -0.480 e. The van der Waals surface area contributed by atoms with E-state index in [1.807, 2.05) is 60.0 Å². The van der Waals surface area contributed by atoms with Gasteiger partial charge in [-0.1, -0.05) is 71.4 Å². The number of carboxylic acid groups (broad SMARTS) is 1. The number of terminal acetylenes is 1. The van der Waals surface area contributed by atoms with Crippen LogP contribution in [0.4, 0.5) is 0 Å². The standard InChI is InChI=1S/C40H63N5O8/c1-12-18-29(41-38(48)34(25(3)4)43(7)8)39(49)44(9)35(26(5)13-2)32(52-10)24-33(46)45-22-17-21-31(45)36(53-11)27(6)37(47)42-30(40(50)51)23-28-19-15-14-16-20-28/h1,14-16,19-20,25-27,29-32,34-36H,13,17-18,21-24H2,2-11H3,(H,41,48)(H,42,47)(H,50,51)/t26-,27+,29-,30-,31-,32+,34-,35-,36+/m0/s1. The lowest BCUT2D eigenvalue weighted by molar-refractivity contribution is -0.148. The number of ether oxygens (including phenoxy) is 2. The van der Waals surface area contributed by atoms with Gasteiger partial charge in [-0.25, -0.2) is 4.79 Å². The van der Waals surface area contributed by atoms with Gasteiger partial charge in [0.1, 0.15) is 12.1 Å². The molecule has 0 unspecified atom stereocenters. The second-order valence-electron chi connectivity index (χ2n) is 14.8. The van der Waals surface area contributed by atoms with Gasteiger partial charge in [0.15, 0.2) is 0 Å². The smallest absolute Gasteiger partial charge is 0.326 e. The van der Waals surface area contributed by atoms with E-state index in [9.17, 15) is 29.1 Å². The van der Waals surface area contributed by atoms with E-state index in [-0.39, 0.29) is 48.8 Å². The highest BCUT2D eigenvalue weighted by atomic mass is 16.5. The molecular weight excluding hydrogens is 678 g/mol. The molecule has 1 aromatic rings. The number of carbonyl (C=O) groups is 5. The lowest BCUT2D eigenvalue weighted by Crippen LogP contribution is -2.58. The number of amides is 4. The van der Waals surface area contributed by atoms with Crippen molar-refractivity contribution in [3.05, 3.63) is 35.9 Å². The second-order valence-corrected chi connectivity index (χ2v) is 14.8. The third-order valence-corrected chi connectivity index (χ3v) is 10.5. The van der Waals surface area contributed by atoms with Crippen LogP contribution in [0.5, 0.6) is 0 Å². The van der Waals surface area contributed by atoms with Gasteiger partial charge in [0.05, 0.1) is 42.7 Å². The molecule has 0 spiro atoms. The van der Waals surface area contributed by atoms with E-state index < -0.39 is 60.2 Å². The minimum atomic E-state index is -1.15. The Morgan fingerprint density at radius 1 is 0.981 bits per heavy atom. The fourth-order valence-corrected chi connectivity index (χ4v) is 7.61. The number of carbonyl (C=O) groups excluding carboxylic acids is 4. The van der Waals surface area contributed by atoms with Gasteiger partial charge in [0.25, 0.3) is 0 Å². The highest BCUT2D eigenvalue weighted by molar-refractivity contribution is 5.90. The summed E-state index contributed by atoms with van der Waals surface area (Å²) in [6, 6.07) is 5.53. The Balaban J connectivity index is 2.27. The Morgan fingerprint density at radius 3 is 2.11 bits per heavy atom. The van der Waals surface area contributed by atoms with Crippen molar-refractivity contribution in [3.8, 4) is 12.3 Å². The molecule has 9 atom stereocenters. The van der Waals surface area contributed by atoms with Crippen molar-refractivity contribution in [1.29, 1.82) is 0 Å². The van der Waals surface area contributed by atoms with Crippen molar-refractivity contribution in [2.75, 3.05) is 41.9 Å². The van der Waals surface area contributed by atoms with Crippen LogP contribution >= 0.6 is 0 Å². The lowest BCUT2D eigenvalue weighted by atomic mass is 9.89. The van der Waals surface area contributed by atoms with Crippen LogP contribution in [0.2, 0.25) is 0 Å². The highest BCUT2D eigenvalue weighted by Gasteiger charge is 2.43. The summed E-state index contributed by atoms with van der Waals surface area (Å²) < 4.78 is 11.8. The topological polar surface area (TPSA) is 158 Å². The number of likely N-dealkylation sites (tertiary alicyclic amines) is 1. The SMILES string of the molecule is C#CC[C@H](NC(=O)[C@H](C(C)C)N(C)C)C(=O)N(C)[C@@H]([C@@H](C)CC)[C@@H](CC(=O)N1CCC[C@H]1[C@H](OC)[C@@H](C)C(=O)N[C@@H](Cc1ccccc1)C(=O)O)OC. The minimum absolute atomic E-state index is 0.00391. The van der Waals surface area contributed by atoms with Crippen LogP contribution < -0.4 is 10.6 Å². The summed E-state index contributed by atoms with van der Waals surface area (Å²) in [5.74, 6) is -0.841. The fraction of sp³-hybridized carbons (Fsp3) is 0.675. The van der Waals surface area contributed by atoms with Gasteiger partial charge in [-0.05, 0) is 44.3 Å².